The molecule has 0 spiro atoms. The summed E-state index contributed by atoms with van der Waals surface area (Å²) in [7, 11) is 0. The van der Waals surface area contributed by atoms with Gasteiger partial charge in [-0.25, -0.2) is 0 Å². The third-order valence-electron chi connectivity index (χ3n) is 3.99. The monoisotopic (exact) mass is 416 g/mol. The van der Waals surface area contributed by atoms with E-state index in [4.69, 9.17) is 33.3 Å². The highest BCUT2D eigenvalue weighted by atomic mass is 35.5. The Bertz CT molecular complexity index is 915. The standard InChI is InChI=1S/C21H21ClN2O3S/c1-3-10-27-19-16(22)11-14(13-18(19)26-4-2)12-17-20(25)24(21(28)23-17)15-8-6-5-7-9-15/h5-9,11-13H,3-4,10H2,1-2H3,(H,23,28)/b17-12+. The molecule has 146 valence electrons. The Labute approximate surface area is 174 Å². The number of carbonyl (C=O) groups is 1. The first-order valence-corrected chi connectivity index (χ1v) is 9.85. The largest absolute Gasteiger partial charge is 0.490 e. The number of rotatable bonds is 7. The summed E-state index contributed by atoms with van der Waals surface area (Å²) in [5.41, 5.74) is 1.80. The SMILES string of the molecule is CCCOc1c(Cl)cc(/C=C2/NC(=S)N(c3ccccc3)C2=O)cc1OCC. The Morgan fingerprint density at radius 3 is 2.61 bits per heavy atom. The maximum absolute atomic E-state index is 12.8. The molecular weight excluding hydrogens is 396 g/mol. The van der Waals surface area contributed by atoms with Crippen molar-refractivity contribution in [2.75, 3.05) is 18.1 Å². The number of carbonyl (C=O) groups excluding carboxylic acids is 1. The average Bonchev–Trinajstić information content (AvgIpc) is 2.95. The van der Waals surface area contributed by atoms with Crippen molar-refractivity contribution >= 4 is 46.6 Å². The summed E-state index contributed by atoms with van der Waals surface area (Å²) in [6.45, 7) is 4.93. The Hall–Kier alpha value is -2.57. The number of para-hydroxylation sites is 1. The topological polar surface area (TPSA) is 50.8 Å². The second kappa shape index (κ2) is 9.08. The highest BCUT2D eigenvalue weighted by Crippen LogP contribution is 2.37. The minimum atomic E-state index is -0.225. The van der Waals surface area contributed by atoms with Crippen molar-refractivity contribution in [1.82, 2.24) is 5.32 Å². The quantitative estimate of drug-likeness (QED) is 0.519. The molecular formula is C21H21ClN2O3S. The summed E-state index contributed by atoms with van der Waals surface area (Å²) >= 11 is 11.7. The molecule has 0 aliphatic carbocycles. The molecule has 5 nitrogen and oxygen atoms in total. The molecule has 0 radical (unpaired) electrons. The molecule has 0 aromatic heterocycles. The molecule has 1 heterocycles. The summed E-state index contributed by atoms with van der Waals surface area (Å²) in [4.78, 5) is 14.3. The van der Waals surface area contributed by atoms with Crippen molar-refractivity contribution in [2.45, 2.75) is 20.3 Å². The van der Waals surface area contributed by atoms with Crippen LogP contribution in [0.3, 0.4) is 0 Å². The van der Waals surface area contributed by atoms with Crippen LogP contribution in [0.5, 0.6) is 11.5 Å². The number of hydrogen-bond donors (Lipinski definition) is 1. The first-order chi connectivity index (χ1) is 13.5. The lowest BCUT2D eigenvalue weighted by molar-refractivity contribution is -0.113. The van der Waals surface area contributed by atoms with Gasteiger partial charge in [0.05, 0.1) is 23.9 Å². The Kier molecular flexibility index (Phi) is 6.54. The molecule has 1 amide bonds. The Morgan fingerprint density at radius 1 is 1.18 bits per heavy atom. The van der Waals surface area contributed by atoms with Crippen LogP contribution in [-0.4, -0.2) is 24.2 Å². The van der Waals surface area contributed by atoms with Gasteiger partial charge in [0.2, 0.25) is 0 Å². The van der Waals surface area contributed by atoms with E-state index in [0.29, 0.717) is 51.8 Å². The molecule has 1 aliphatic rings. The van der Waals surface area contributed by atoms with Gasteiger partial charge in [0, 0.05) is 0 Å². The lowest BCUT2D eigenvalue weighted by atomic mass is 10.1. The molecule has 1 N–H and O–H groups in total. The fourth-order valence-electron chi connectivity index (χ4n) is 2.79. The van der Waals surface area contributed by atoms with Crippen molar-refractivity contribution in [3.63, 3.8) is 0 Å². The fourth-order valence-corrected chi connectivity index (χ4v) is 3.36. The Morgan fingerprint density at radius 2 is 1.93 bits per heavy atom. The van der Waals surface area contributed by atoms with E-state index < -0.39 is 0 Å². The van der Waals surface area contributed by atoms with Crippen molar-refractivity contribution in [2.24, 2.45) is 0 Å². The summed E-state index contributed by atoms with van der Waals surface area (Å²) in [5, 5.41) is 3.74. The molecule has 2 aromatic rings. The molecule has 0 unspecified atom stereocenters. The third kappa shape index (κ3) is 4.29. The molecule has 2 aromatic carbocycles. The molecule has 1 fully saturated rings. The highest BCUT2D eigenvalue weighted by Gasteiger charge is 2.31. The van der Waals surface area contributed by atoms with Gasteiger partial charge in [-0.1, -0.05) is 36.7 Å². The second-order valence-corrected chi connectivity index (χ2v) is 6.87. The van der Waals surface area contributed by atoms with Crippen LogP contribution in [0, 0.1) is 0 Å². The first kappa shape index (κ1) is 20.2. The molecule has 7 heteroatoms. The maximum Gasteiger partial charge on any atom is 0.281 e. The number of benzene rings is 2. The minimum absolute atomic E-state index is 0.225. The van der Waals surface area contributed by atoms with Gasteiger partial charge in [0.1, 0.15) is 5.70 Å². The maximum atomic E-state index is 12.8. The zero-order valence-corrected chi connectivity index (χ0v) is 17.3. The second-order valence-electron chi connectivity index (χ2n) is 6.08. The summed E-state index contributed by atoms with van der Waals surface area (Å²) in [6, 6.07) is 12.8. The van der Waals surface area contributed by atoms with Crippen LogP contribution in [0.15, 0.2) is 48.2 Å². The van der Waals surface area contributed by atoms with Crippen LogP contribution in [-0.2, 0) is 4.79 Å². The van der Waals surface area contributed by atoms with Gasteiger partial charge in [-0.3, -0.25) is 9.69 Å². The van der Waals surface area contributed by atoms with E-state index in [1.807, 2.05) is 44.2 Å². The Balaban J connectivity index is 1.93. The van der Waals surface area contributed by atoms with Crippen molar-refractivity contribution in [1.29, 1.82) is 0 Å². The highest BCUT2D eigenvalue weighted by molar-refractivity contribution is 7.80. The number of amides is 1. The third-order valence-corrected chi connectivity index (χ3v) is 4.55. The van der Waals surface area contributed by atoms with Gasteiger partial charge in [-0.05, 0) is 61.5 Å². The van der Waals surface area contributed by atoms with Crippen LogP contribution in [0.25, 0.3) is 6.08 Å². The number of thiocarbonyl (C=S) groups is 1. The van der Waals surface area contributed by atoms with Crippen LogP contribution >= 0.6 is 23.8 Å². The van der Waals surface area contributed by atoms with E-state index in [0.717, 1.165) is 6.42 Å². The summed E-state index contributed by atoms with van der Waals surface area (Å²) in [5.74, 6) is 0.833. The van der Waals surface area contributed by atoms with Crippen molar-refractivity contribution < 1.29 is 14.3 Å². The first-order valence-electron chi connectivity index (χ1n) is 9.06. The van der Waals surface area contributed by atoms with E-state index >= 15 is 0 Å². The predicted octanol–water partition coefficient (Wildman–Crippen LogP) is 4.79. The van der Waals surface area contributed by atoms with Crippen molar-refractivity contribution in [3.05, 3.63) is 58.7 Å². The fraction of sp³-hybridized carbons (Fsp3) is 0.238. The van der Waals surface area contributed by atoms with Gasteiger partial charge in [0.25, 0.3) is 5.91 Å². The van der Waals surface area contributed by atoms with Crippen LogP contribution in [0.1, 0.15) is 25.8 Å². The normalized spacial score (nSPS) is 15.1. The van der Waals surface area contributed by atoms with E-state index in [-0.39, 0.29) is 5.91 Å². The van der Waals surface area contributed by atoms with Gasteiger partial charge >= 0.3 is 0 Å². The molecule has 1 saturated heterocycles. The summed E-state index contributed by atoms with van der Waals surface area (Å²) < 4.78 is 11.4. The smallest absolute Gasteiger partial charge is 0.281 e. The summed E-state index contributed by atoms with van der Waals surface area (Å²) in [6.07, 6.45) is 2.56. The number of ether oxygens (including phenoxy) is 2. The molecule has 0 bridgehead atoms. The molecule has 3 rings (SSSR count). The zero-order chi connectivity index (χ0) is 20.1. The van der Waals surface area contributed by atoms with E-state index in [1.54, 1.807) is 18.2 Å². The number of anilines is 1. The van der Waals surface area contributed by atoms with Crippen LogP contribution in [0.4, 0.5) is 5.69 Å². The van der Waals surface area contributed by atoms with Crippen LogP contribution in [0.2, 0.25) is 5.02 Å². The van der Waals surface area contributed by atoms with E-state index in [9.17, 15) is 4.79 Å². The number of hydrogen-bond acceptors (Lipinski definition) is 4. The minimum Gasteiger partial charge on any atom is -0.490 e. The number of halogens is 1. The molecule has 1 aliphatic heterocycles. The molecule has 28 heavy (non-hydrogen) atoms. The average molecular weight is 417 g/mol. The van der Waals surface area contributed by atoms with Crippen molar-refractivity contribution in [3.8, 4) is 11.5 Å². The van der Waals surface area contributed by atoms with Crippen LogP contribution < -0.4 is 19.7 Å². The van der Waals surface area contributed by atoms with E-state index in [2.05, 4.69) is 5.32 Å². The number of nitrogens with one attached hydrogen (secondary N) is 1. The predicted molar refractivity (Wildman–Crippen MR) is 116 cm³/mol. The van der Waals surface area contributed by atoms with Gasteiger partial charge < -0.3 is 14.8 Å². The van der Waals surface area contributed by atoms with Gasteiger partial charge in [-0.2, -0.15) is 0 Å². The van der Waals surface area contributed by atoms with E-state index in [1.165, 1.54) is 4.90 Å². The lowest BCUT2D eigenvalue weighted by Gasteiger charge is -2.14. The molecule has 0 atom stereocenters. The van der Waals surface area contributed by atoms with Gasteiger partial charge in [-0.15, -0.1) is 0 Å². The number of nitrogens with zero attached hydrogens (tertiary/aromatic N) is 1. The molecule has 0 saturated carbocycles. The lowest BCUT2D eigenvalue weighted by Crippen LogP contribution is -2.30. The van der Waals surface area contributed by atoms with Gasteiger partial charge in [0.15, 0.2) is 16.6 Å². The zero-order valence-electron chi connectivity index (χ0n) is 15.7.